The van der Waals surface area contributed by atoms with Crippen LogP contribution in [0.4, 0.5) is 5.69 Å². The third-order valence-corrected chi connectivity index (χ3v) is 7.48. The summed E-state index contributed by atoms with van der Waals surface area (Å²) in [5.41, 5.74) is 6.32. The summed E-state index contributed by atoms with van der Waals surface area (Å²) < 4.78 is 0. The number of hydrogen-bond acceptors (Lipinski definition) is 3. The summed E-state index contributed by atoms with van der Waals surface area (Å²) in [6.45, 7) is 2.15. The largest absolute Gasteiger partial charge is 0.478 e. The van der Waals surface area contributed by atoms with Crippen molar-refractivity contribution in [2.45, 2.75) is 36.0 Å². The Hall–Kier alpha value is -2.98. The number of benzene rings is 3. The maximum Gasteiger partial charge on any atom is 0.336 e. The van der Waals surface area contributed by atoms with Crippen LogP contribution in [0.15, 0.2) is 83.8 Å². The molecule has 1 aliphatic carbocycles. The lowest BCUT2D eigenvalue weighted by Crippen LogP contribution is -2.31. The highest BCUT2D eigenvalue weighted by atomic mass is 32.2. The van der Waals surface area contributed by atoms with Gasteiger partial charge < -0.3 is 10.4 Å². The number of carboxylic acid groups (broad SMARTS) is 1. The van der Waals surface area contributed by atoms with Crippen LogP contribution in [0.2, 0.25) is 0 Å². The SMILES string of the molecule is Cc1cc(CSc2ccccc2)cc2c1N[C@H](c1ccccc1C(=O)O)[C@@H]1CC=C[C@H]21. The zero-order valence-corrected chi connectivity index (χ0v) is 18.2. The van der Waals surface area contributed by atoms with Crippen molar-refractivity contribution in [1.29, 1.82) is 0 Å². The van der Waals surface area contributed by atoms with Gasteiger partial charge in [-0.3, -0.25) is 0 Å². The minimum atomic E-state index is -0.865. The van der Waals surface area contributed by atoms with Gasteiger partial charge in [-0.25, -0.2) is 4.79 Å². The molecule has 0 fully saturated rings. The van der Waals surface area contributed by atoms with E-state index in [1.807, 2.05) is 30.0 Å². The molecule has 3 nitrogen and oxygen atoms in total. The topological polar surface area (TPSA) is 49.3 Å². The number of aromatic carboxylic acids is 1. The number of fused-ring (bicyclic) bond motifs is 3. The highest BCUT2D eigenvalue weighted by Gasteiger charge is 2.39. The van der Waals surface area contributed by atoms with E-state index in [9.17, 15) is 9.90 Å². The Labute approximate surface area is 187 Å². The molecule has 0 unspecified atom stereocenters. The number of anilines is 1. The van der Waals surface area contributed by atoms with E-state index in [-0.39, 0.29) is 6.04 Å². The first-order chi connectivity index (χ1) is 15.1. The highest BCUT2D eigenvalue weighted by Crippen LogP contribution is 2.51. The molecule has 0 aromatic heterocycles. The summed E-state index contributed by atoms with van der Waals surface area (Å²) in [6.07, 6.45) is 5.52. The van der Waals surface area contributed by atoms with Crippen molar-refractivity contribution in [2.75, 3.05) is 5.32 Å². The van der Waals surface area contributed by atoms with Gasteiger partial charge in [0, 0.05) is 22.3 Å². The summed E-state index contributed by atoms with van der Waals surface area (Å²) in [5, 5.41) is 13.5. The van der Waals surface area contributed by atoms with Gasteiger partial charge in [-0.2, -0.15) is 0 Å². The number of allylic oxidation sites excluding steroid dienone is 2. The van der Waals surface area contributed by atoms with E-state index < -0.39 is 5.97 Å². The maximum absolute atomic E-state index is 11.9. The quantitative estimate of drug-likeness (QED) is 0.347. The first-order valence-electron chi connectivity index (χ1n) is 10.7. The molecule has 0 saturated carbocycles. The van der Waals surface area contributed by atoms with Gasteiger partial charge in [-0.1, -0.05) is 60.7 Å². The van der Waals surface area contributed by atoms with Gasteiger partial charge in [0.1, 0.15) is 0 Å². The number of aryl methyl sites for hydroxylation is 1. The fourth-order valence-corrected chi connectivity index (χ4v) is 5.85. The van der Waals surface area contributed by atoms with Crippen molar-refractivity contribution < 1.29 is 9.90 Å². The fraction of sp³-hybridized carbons (Fsp3) is 0.222. The van der Waals surface area contributed by atoms with Crippen molar-refractivity contribution in [3.05, 3.63) is 107 Å². The number of carbonyl (C=O) groups is 1. The molecule has 31 heavy (non-hydrogen) atoms. The molecule has 0 spiro atoms. The van der Waals surface area contributed by atoms with Crippen LogP contribution < -0.4 is 5.32 Å². The monoisotopic (exact) mass is 427 g/mol. The van der Waals surface area contributed by atoms with Crippen molar-refractivity contribution in [1.82, 2.24) is 0 Å². The van der Waals surface area contributed by atoms with Crippen molar-refractivity contribution in [3.8, 4) is 0 Å². The lowest BCUT2D eigenvalue weighted by Gasteiger charge is -2.39. The highest BCUT2D eigenvalue weighted by molar-refractivity contribution is 7.98. The first kappa shape index (κ1) is 20.0. The predicted octanol–water partition coefficient (Wildman–Crippen LogP) is 6.81. The Balaban J connectivity index is 1.49. The minimum absolute atomic E-state index is 0.0111. The van der Waals surface area contributed by atoms with Crippen molar-refractivity contribution in [3.63, 3.8) is 0 Å². The third-order valence-electron chi connectivity index (χ3n) is 6.40. The van der Waals surface area contributed by atoms with Crippen molar-refractivity contribution in [2.24, 2.45) is 5.92 Å². The van der Waals surface area contributed by atoms with E-state index >= 15 is 0 Å². The summed E-state index contributed by atoms with van der Waals surface area (Å²) in [6, 6.07) is 22.5. The van der Waals surface area contributed by atoms with Crippen LogP contribution in [0.5, 0.6) is 0 Å². The summed E-state index contributed by atoms with van der Waals surface area (Å²) in [5.74, 6) is 0.702. The second-order valence-electron chi connectivity index (χ2n) is 8.35. The molecule has 4 heteroatoms. The zero-order valence-electron chi connectivity index (χ0n) is 17.4. The van der Waals surface area contributed by atoms with E-state index in [0.29, 0.717) is 17.4 Å². The first-order valence-corrected chi connectivity index (χ1v) is 11.7. The molecular weight excluding hydrogens is 402 g/mol. The molecule has 3 aromatic rings. The normalized spacial score (nSPS) is 21.3. The Morgan fingerprint density at radius 3 is 2.65 bits per heavy atom. The van der Waals surface area contributed by atoms with Gasteiger partial charge in [0.15, 0.2) is 0 Å². The molecule has 0 amide bonds. The summed E-state index contributed by atoms with van der Waals surface area (Å²) in [4.78, 5) is 13.1. The summed E-state index contributed by atoms with van der Waals surface area (Å²) >= 11 is 1.86. The Bertz CT molecular complexity index is 1160. The number of hydrogen-bond donors (Lipinski definition) is 2. The molecule has 3 atom stereocenters. The van der Waals surface area contributed by atoms with Gasteiger partial charge in [0.2, 0.25) is 0 Å². The lowest BCUT2D eigenvalue weighted by molar-refractivity contribution is 0.0694. The zero-order chi connectivity index (χ0) is 21.4. The molecule has 156 valence electrons. The van der Waals surface area contributed by atoms with Crippen LogP contribution in [-0.2, 0) is 5.75 Å². The minimum Gasteiger partial charge on any atom is -0.478 e. The van der Waals surface area contributed by atoms with E-state index in [1.165, 1.54) is 21.6 Å². The average molecular weight is 428 g/mol. The smallest absolute Gasteiger partial charge is 0.336 e. The second kappa shape index (κ2) is 8.27. The summed E-state index contributed by atoms with van der Waals surface area (Å²) in [7, 11) is 0. The standard InChI is InChI=1S/C27H25NO2S/c1-17-14-18(16-31-19-8-3-2-4-9-19)15-24-20-12-7-13-21(20)26(28-25(17)24)22-10-5-6-11-23(22)27(29)30/h2-12,14-15,20-21,26,28H,13,16H2,1H3,(H,29,30)/t20-,21+,26-/m0/s1. The molecule has 1 aliphatic heterocycles. The fourth-order valence-electron chi connectivity index (χ4n) is 5.00. The van der Waals surface area contributed by atoms with Gasteiger partial charge in [-0.05, 0) is 59.7 Å². The number of rotatable bonds is 5. The molecular formula is C27H25NO2S. The molecule has 2 aliphatic rings. The van der Waals surface area contributed by atoms with Gasteiger partial charge in [0.25, 0.3) is 0 Å². The van der Waals surface area contributed by atoms with Crippen molar-refractivity contribution >= 4 is 23.4 Å². The molecule has 0 radical (unpaired) electrons. The molecule has 1 heterocycles. The molecule has 0 saturated heterocycles. The van der Waals surface area contributed by atoms with Crippen LogP contribution in [0.3, 0.4) is 0 Å². The van der Waals surface area contributed by atoms with Crippen LogP contribution in [-0.4, -0.2) is 11.1 Å². The number of thioether (sulfide) groups is 1. The van der Waals surface area contributed by atoms with Crippen LogP contribution >= 0.6 is 11.8 Å². The van der Waals surface area contributed by atoms with E-state index in [2.05, 4.69) is 60.8 Å². The Kier molecular flexibility index (Phi) is 5.33. The molecule has 3 aromatic carbocycles. The molecule has 0 bridgehead atoms. The molecule has 2 N–H and O–H groups in total. The van der Waals surface area contributed by atoms with Gasteiger partial charge in [0.05, 0.1) is 11.6 Å². The Morgan fingerprint density at radius 1 is 1.06 bits per heavy atom. The maximum atomic E-state index is 11.9. The predicted molar refractivity (Wildman–Crippen MR) is 127 cm³/mol. The molecule has 5 rings (SSSR count). The van der Waals surface area contributed by atoms with E-state index in [4.69, 9.17) is 0 Å². The van der Waals surface area contributed by atoms with Crippen LogP contribution in [0.25, 0.3) is 0 Å². The number of nitrogens with one attached hydrogen (secondary N) is 1. The third kappa shape index (κ3) is 3.77. The Morgan fingerprint density at radius 2 is 1.84 bits per heavy atom. The van der Waals surface area contributed by atoms with E-state index in [1.54, 1.807) is 12.1 Å². The van der Waals surface area contributed by atoms with E-state index in [0.717, 1.165) is 23.4 Å². The number of carboxylic acids is 1. The van der Waals surface area contributed by atoms with Crippen LogP contribution in [0.1, 0.15) is 51.0 Å². The average Bonchev–Trinajstić information content (AvgIpc) is 3.28. The van der Waals surface area contributed by atoms with Gasteiger partial charge >= 0.3 is 5.97 Å². The van der Waals surface area contributed by atoms with Gasteiger partial charge in [-0.15, -0.1) is 11.8 Å². The second-order valence-corrected chi connectivity index (χ2v) is 9.40. The van der Waals surface area contributed by atoms with Crippen LogP contribution in [0, 0.1) is 12.8 Å². The lowest BCUT2D eigenvalue weighted by atomic mass is 9.75.